The topological polar surface area (TPSA) is 100 Å². The van der Waals surface area contributed by atoms with Crippen LogP contribution in [0.5, 0.6) is 0 Å². The maximum atomic E-state index is 12.8. The van der Waals surface area contributed by atoms with Gasteiger partial charge in [-0.15, -0.1) is 11.3 Å². The second-order valence-electron chi connectivity index (χ2n) is 7.06. The number of amidine groups is 2. The van der Waals surface area contributed by atoms with E-state index in [4.69, 9.17) is 4.74 Å². The number of nitrogens with one attached hydrogen (secondary N) is 1. The molecule has 0 bridgehead atoms. The summed E-state index contributed by atoms with van der Waals surface area (Å²) in [6, 6.07) is 10.7. The minimum absolute atomic E-state index is 0.0703. The summed E-state index contributed by atoms with van der Waals surface area (Å²) in [5.41, 5.74) is 1.45. The second kappa shape index (κ2) is 10.1. The molecule has 1 aromatic carbocycles. The number of aliphatic imine (C=N–C) groups is 2. The lowest BCUT2D eigenvalue weighted by Gasteiger charge is -2.30. The zero-order valence-corrected chi connectivity index (χ0v) is 19.1. The fourth-order valence-corrected chi connectivity index (χ4v) is 4.95. The van der Waals surface area contributed by atoms with Crippen LogP contribution in [0, 0.1) is 0 Å². The van der Waals surface area contributed by atoms with Crippen molar-refractivity contribution >= 4 is 57.6 Å². The number of nitrogens with zero attached hydrogens (tertiary/aromatic N) is 3. The molecule has 0 spiro atoms. The van der Waals surface area contributed by atoms with Crippen molar-refractivity contribution in [1.29, 1.82) is 0 Å². The van der Waals surface area contributed by atoms with Crippen molar-refractivity contribution in [2.45, 2.75) is 32.4 Å². The molecule has 1 atom stereocenters. The quantitative estimate of drug-likeness (QED) is 0.595. The third-order valence-corrected chi connectivity index (χ3v) is 6.72. The molecule has 4 rings (SSSR count). The molecule has 0 saturated heterocycles. The summed E-state index contributed by atoms with van der Waals surface area (Å²) in [5.74, 6) is -0.216. The van der Waals surface area contributed by atoms with Gasteiger partial charge in [0.25, 0.3) is 5.91 Å². The van der Waals surface area contributed by atoms with E-state index in [-0.39, 0.29) is 30.0 Å². The van der Waals surface area contributed by atoms with Crippen molar-refractivity contribution < 1.29 is 19.1 Å². The zero-order chi connectivity index (χ0) is 22.5. The number of fused-ring (bicyclic) bond motifs is 3. The molecular weight excluding hydrogens is 448 g/mol. The van der Waals surface area contributed by atoms with E-state index in [9.17, 15) is 14.4 Å². The largest absolute Gasteiger partial charge is 0.465 e. The van der Waals surface area contributed by atoms with Crippen molar-refractivity contribution in [3.8, 4) is 0 Å². The van der Waals surface area contributed by atoms with Gasteiger partial charge < -0.3 is 10.1 Å². The lowest BCUT2D eigenvalue weighted by Crippen LogP contribution is -2.44. The van der Waals surface area contributed by atoms with Crippen LogP contribution in [-0.4, -0.2) is 52.1 Å². The molecule has 1 aromatic heterocycles. The molecule has 0 radical (unpaired) electrons. The van der Waals surface area contributed by atoms with Crippen LogP contribution in [0.15, 0.2) is 51.8 Å². The van der Waals surface area contributed by atoms with Crippen LogP contribution in [0.2, 0.25) is 0 Å². The summed E-state index contributed by atoms with van der Waals surface area (Å²) in [5, 5.41) is 5.35. The molecule has 3 heterocycles. The van der Waals surface area contributed by atoms with Gasteiger partial charge in [-0.1, -0.05) is 30.0 Å². The molecule has 1 N–H and O–H groups in total. The van der Waals surface area contributed by atoms with Crippen molar-refractivity contribution in [3.05, 3.63) is 52.2 Å². The number of ether oxygens (including phenoxy) is 1. The number of benzene rings is 1. The lowest BCUT2D eigenvalue weighted by molar-refractivity contribution is -0.139. The number of hydrogen-bond donors (Lipinski definition) is 1. The van der Waals surface area contributed by atoms with Gasteiger partial charge in [-0.05, 0) is 36.9 Å². The second-order valence-corrected chi connectivity index (χ2v) is 9.03. The average molecular weight is 471 g/mol. The van der Waals surface area contributed by atoms with Crippen molar-refractivity contribution in [3.63, 3.8) is 0 Å². The van der Waals surface area contributed by atoms with Gasteiger partial charge in [0, 0.05) is 16.9 Å². The van der Waals surface area contributed by atoms with Crippen LogP contribution >= 0.6 is 23.1 Å². The Kier molecular flexibility index (Phi) is 7.01. The Labute approximate surface area is 193 Å². The predicted molar refractivity (Wildman–Crippen MR) is 125 cm³/mol. The molecule has 2 aliphatic rings. The molecule has 2 aromatic rings. The van der Waals surface area contributed by atoms with E-state index in [0.717, 1.165) is 10.4 Å². The fraction of sp³-hybridized carbons (Fsp3) is 0.318. The highest BCUT2D eigenvalue weighted by atomic mass is 32.2. The van der Waals surface area contributed by atoms with Crippen LogP contribution in [0.1, 0.15) is 30.2 Å². The maximum absolute atomic E-state index is 12.8. The van der Waals surface area contributed by atoms with Gasteiger partial charge >= 0.3 is 5.97 Å². The van der Waals surface area contributed by atoms with E-state index in [1.165, 1.54) is 11.8 Å². The Hall–Kier alpha value is -2.98. The molecule has 2 amide bonds. The van der Waals surface area contributed by atoms with Gasteiger partial charge in [0.1, 0.15) is 11.9 Å². The summed E-state index contributed by atoms with van der Waals surface area (Å²) < 4.78 is 5.02. The summed E-state index contributed by atoms with van der Waals surface area (Å²) >= 11 is 2.78. The van der Waals surface area contributed by atoms with Crippen LogP contribution < -0.4 is 5.32 Å². The summed E-state index contributed by atoms with van der Waals surface area (Å²) in [6.07, 6.45) is 0.474. The molecule has 1 unspecified atom stereocenters. The molecule has 32 heavy (non-hydrogen) atoms. The fourth-order valence-electron chi connectivity index (χ4n) is 3.46. The SMILES string of the molecule is CCOC(=O)CSC1=Nc2ccccc2C2=NC(=O)C(CCC(=O)NCc3cccs3)N12. The number of thioether (sulfide) groups is 1. The van der Waals surface area contributed by atoms with Gasteiger partial charge in [0.05, 0.1) is 24.6 Å². The van der Waals surface area contributed by atoms with Gasteiger partial charge in [0.15, 0.2) is 5.17 Å². The summed E-state index contributed by atoms with van der Waals surface area (Å²) in [4.78, 5) is 48.8. The van der Waals surface area contributed by atoms with E-state index < -0.39 is 6.04 Å². The number of hydrogen-bond acceptors (Lipinski definition) is 8. The van der Waals surface area contributed by atoms with Crippen molar-refractivity contribution in [2.24, 2.45) is 9.98 Å². The number of para-hydroxylation sites is 1. The van der Waals surface area contributed by atoms with E-state index in [0.29, 0.717) is 36.3 Å². The number of amides is 2. The Bertz CT molecular complexity index is 1080. The monoisotopic (exact) mass is 470 g/mol. The highest BCUT2D eigenvalue weighted by Crippen LogP contribution is 2.35. The normalized spacial score (nSPS) is 16.7. The minimum atomic E-state index is -0.640. The smallest absolute Gasteiger partial charge is 0.316 e. The first-order valence-corrected chi connectivity index (χ1v) is 12.1. The zero-order valence-electron chi connectivity index (χ0n) is 17.4. The van der Waals surface area contributed by atoms with E-state index >= 15 is 0 Å². The maximum Gasteiger partial charge on any atom is 0.316 e. The Morgan fingerprint density at radius 3 is 2.84 bits per heavy atom. The van der Waals surface area contributed by atoms with E-state index in [1.807, 2.05) is 41.8 Å². The highest BCUT2D eigenvalue weighted by molar-refractivity contribution is 8.14. The van der Waals surface area contributed by atoms with E-state index in [2.05, 4.69) is 15.3 Å². The van der Waals surface area contributed by atoms with Gasteiger partial charge in [-0.3, -0.25) is 19.3 Å². The number of thiophene rings is 1. The van der Waals surface area contributed by atoms with Crippen LogP contribution in [0.3, 0.4) is 0 Å². The number of carbonyl (C=O) groups is 3. The number of esters is 1. The first-order chi connectivity index (χ1) is 15.6. The molecule has 8 nitrogen and oxygen atoms in total. The Balaban J connectivity index is 1.47. The first kappa shape index (κ1) is 22.2. The standard InChI is InChI=1S/C22H22N4O4S2/c1-2-30-19(28)13-32-22-24-16-8-4-3-7-15(16)20-25-21(29)17(26(20)22)9-10-18(27)23-12-14-6-5-11-31-14/h3-8,11,17H,2,9-10,12-13H2,1H3,(H,23,27). The summed E-state index contributed by atoms with van der Waals surface area (Å²) in [6.45, 7) is 2.52. The Morgan fingerprint density at radius 1 is 1.22 bits per heavy atom. The first-order valence-electron chi connectivity index (χ1n) is 10.2. The minimum Gasteiger partial charge on any atom is -0.465 e. The van der Waals surface area contributed by atoms with Gasteiger partial charge in [-0.2, -0.15) is 4.99 Å². The molecule has 0 fully saturated rings. The van der Waals surface area contributed by atoms with Gasteiger partial charge in [-0.25, -0.2) is 4.99 Å². The van der Waals surface area contributed by atoms with Crippen LogP contribution in [-0.2, 0) is 25.7 Å². The number of carbonyl (C=O) groups excluding carboxylic acids is 3. The molecule has 2 aliphatic heterocycles. The highest BCUT2D eigenvalue weighted by Gasteiger charge is 2.41. The van der Waals surface area contributed by atoms with Gasteiger partial charge in [0.2, 0.25) is 5.91 Å². The third kappa shape index (κ3) is 4.91. The van der Waals surface area contributed by atoms with Crippen LogP contribution in [0.4, 0.5) is 5.69 Å². The summed E-state index contributed by atoms with van der Waals surface area (Å²) in [7, 11) is 0. The van der Waals surface area contributed by atoms with Crippen molar-refractivity contribution in [1.82, 2.24) is 10.2 Å². The lowest BCUT2D eigenvalue weighted by atomic mass is 10.1. The van der Waals surface area contributed by atoms with Crippen LogP contribution in [0.25, 0.3) is 0 Å². The molecule has 10 heteroatoms. The Morgan fingerprint density at radius 2 is 2.06 bits per heavy atom. The molecular formula is C22H22N4O4S2. The molecule has 0 aliphatic carbocycles. The number of rotatable bonds is 8. The van der Waals surface area contributed by atoms with Crippen molar-refractivity contribution in [2.75, 3.05) is 12.4 Å². The van der Waals surface area contributed by atoms with E-state index in [1.54, 1.807) is 23.2 Å². The average Bonchev–Trinajstić information content (AvgIpc) is 3.42. The predicted octanol–water partition coefficient (Wildman–Crippen LogP) is 3.10. The molecule has 0 saturated carbocycles. The third-order valence-electron chi connectivity index (χ3n) is 4.92. The molecule has 166 valence electrons.